The molecule has 1 aromatic heterocycles. The lowest BCUT2D eigenvalue weighted by atomic mass is 10.1. The summed E-state index contributed by atoms with van der Waals surface area (Å²) < 4.78 is 6.19. The van der Waals surface area contributed by atoms with Crippen molar-refractivity contribution in [2.45, 2.75) is 5.92 Å². The molecule has 22 heavy (non-hydrogen) atoms. The van der Waals surface area contributed by atoms with Gasteiger partial charge in [0.05, 0.1) is 6.61 Å². The third-order valence-electron chi connectivity index (χ3n) is 3.72. The number of rotatable bonds is 6. The Kier molecular flexibility index (Phi) is 4.76. The van der Waals surface area contributed by atoms with E-state index in [9.17, 15) is 0 Å². The van der Waals surface area contributed by atoms with Crippen molar-refractivity contribution in [3.8, 4) is 5.75 Å². The van der Waals surface area contributed by atoms with Crippen molar-refractivity contribution in [2.75, 3.05) is 27.2 Å². The van der Waals surface area contributed by atoms with Gasteiger partial charge in [-0.3, -0.25) is 0 Å². The van der Waals surface area contributed by atoms with Gasteiger partial charge in [-0.2, -0.15) is 0 Å². The zero-order valence-corrected chi connectivity index (χ0v) is 13.8. The molecule has 2 nitrogen and oxygen atoms in total. The lowest BCUT2D eigenvalue weighted by Gasteiger charge is -2.21. The summed E-state index contributed by atoms with van der Waals surface area (Å²) in [5.41, 5.74) is 0. The van der Waals surface area contributed by atoms with Gasteiger partial charge in [-0.1, -0.05) is 42.5 Å². The summed E-state index contributed by atoms with van der Waals surface area (Å²) in [6.07, 6.45) is 0. The Labute approximate surface area is 136 Å². The smallest absolute Gasteiger partial charge is 0.127 e. The van der Waals surface area contributed by atoms with E-state index in [-0.39, 0.29) is 0 Å². The Morgan fingerprint density at radius 1 is 1.00 bits per heavy atom. The number of ether oxygens (including phenoxy) is 1. The molecule has 1 heterocycles. The Hall–Kier alpha value is -1.84. The van der Waals surface area contributed by atoms with E-state index in [1.54, 1.807) is 11.3 Å². The highest BCUT2D eigenvalue weighted by Gasteiger charge is 2.15. The van der Waals surface area contributed by atoms with Crippen molar-refractivity contribution >= 4 is 22.1 Å². The van der Waals surface area contributed by atoms with Crippen molar-refractivity contribution in [1.82, 2.24) is 4.90 Å². The molecule has 0 fully saturated rings. The molecule has 0 aliphatic heterocycles. The minimum atomic E-state index is 0.397. The average molecular weight is 311 g/mol. The highest BCUT2D eigenvalue weighted by atomic mass is 32.1. The number of hydrogen-bond donors (Lipinski definition) is 0. The molecule has 2 aromatic carbocycles. The Bertz CT molecular complexity index is 716. The standard InChI is InChI=1S/C19H21NOS/c1-20(2)13-16(19-11-6-12-22-19)14-21-18-10-5-8-15-7-3-4-9-17(15)18/h3-12,16H,13-14H2,1-2H3. The van der Waals surface area contributed by atoms with E-state index >= 15 is 0 Å². The lowest BCUT2D eigenvalue weighted by molar-refractivity contribution is 0.257. The van der Waals surface area contributed by atoms with Crippen molar-refractivity contribution in [2.24, 2.45) is 0 Å². The fraction of sp³-hybridized carbons (Fsp3) is 0.263. The molecule has 1 unspecified atom stereocenters. The fourth-order valence-corrected chi connectivity index (χ4v) is 3.51. The lowest BCUT2D eigenvalue weighted by Crippen LogP contribution is -2.24. The highest BCUT2D eigenvalue weighted by molar-refractivity contribution is 7.10. The molecule has 0 aliphatic rings. The van der Waals surface area contributed by atoms with Crippen LogP contribution >= 0.6 is 11.3 Å². The maximum atomic E-state index is 6.19. The van der Waals surface area contributed by atoms with Gasteiger partial charge in [0.25, 0.3) is 0 Å². The summed E-state index contributed by atoms with van der Waals surface area (Å²) in [7, 11) is 4.22. The number of likely N-dealkylation sites (N-methyl/N-ethyl adjacent to an activating group) is 1. The number of benzene rings is 2. The summed E-state index contributed by atoms with van der Waals surface area (Å²) in [6.45, 7) is 1.69. The molecule has 114 valence electrons. The van der Waals surface area contributed by atoms with Gasteiger partial charge in [0.15, 0.2) is 0 Å². The Morgan fingerprint density at radius 3 is 2.59 bits per heavy atom. The molecule has 3 rings (SSSR count). The van der Waals surface area contributed by atoms with Crippen LogP contribution in [0.1, 0.15) is 10.8 Å². The maximum Gasteiger partial charge on any atom is 0.127 e. The van der Waals surface area contributed by atoms with Crippen LogP contribution < -0.4 is 4.74 Å². The van der Waals surface area contributed by atoms with Gasteiger partial charge in [0.2, 0.25) is 0 Å². The summed E-state index contributed by atoms with van der Waals surface area (Å²) in [5, 5.41) is 4.54. The molecule has 0 N–H and O–H groups in total. The molecule has 0 saturated carbocycles. The van der Waals surface area contributed by atoms with Crippen LogP contribution in [0.5, 0.6) is 5.75 Å². The van der Waals surface area contributed by atoms with E-state index in [1.807, 2.05) is 0 Å². The van der Waals surface area contributed by atoms with E-state index < -0.39 is 0 Å². The molecular formula is C19H21NOS. The van der Waals surface area contributed by atoms with Crippen LogP contribution in [-0.2, 0) is 0 Å². The largest absolute Gasteiger partial charge is 0.492 e. The van der Waals surface area contributed by atoms with Crippen LogP contribution in [0.4, 0.5) is 0 Å². The van der Waals surface area contributed by atoms with Crippen LogP contribution in [0.25, 0.3) is 10.8 Å². The van der Waals surface area contributed by atoms with Crippen LogP contribution in [0.15, 0.2) is 60.0 Å². The summed E-state index contributed by atoms with van der Waals surface area (Å²) in [4.78, 5) is 3.60. The molecule has 0 amide bonds. The van der Waals surface area contributed by atoms with Gasteiger partial charge < -0.3 is 9.64 Å². The van der Waals surface area contributed by atoms with Crippen LogP contribution in [-0.4, -0.2) is 32.1 Å². The summed E-state index contributed by atoms with van der Waals surface area (Å²) >= 11 is 1.81. The van der Waals surface area contributed by atoms with Gasteiger partial charge in [-0.05, 0) is 37.0 Å². The normalized spacial score (nSPS) is 12.7. The van der Waals surface area contributed by atoms with Crippen molar-refractivity contribution < 1.29 is 4.74 Å². The maximum absolute atomic E-state index is 6.19. The van der Waals surface area contributed by atoms with Gasteiger partial charge in [0, 0.05) is 22.7 Å². The first-order valence-electron chi connectivity index (χ1n) is 7.53. The van der Waals surface area contributed by atoms with E-state index in [0.717, 1.165) is 12.3 Å². The third-order valence-corrected chi connectivity index (χ3v) is 4.76. The van der Waals surface area contributed by atoms with E-state index in [1.165, 1.54) is 15.6 Å². The van der Waals surface area contributed by atoms with E-state index in [4.69, 9.17) is 4.74 Å². The Morgan fingerprint density at radius 2 is 1.82 bits per heavy atom. The second-order valence-corrected chi connectivity index (χ2v) is 6.74. The number of nitrogens with zero attached hydrogens (tertiary/aromatic N) is 1. The molecule has 3 aromatic rings. The van der Waals surface area contributed by atoms with Gasteiger partial charge >= 0.3 is 0 Å². The van der Waals surface area contributed by atoms with Crippen LogP contribution in [0, 0.1) is 0 Å². The third kappa shape index (κ3) is 3.49. The SMILES string of the molecule is CN(C)CC(COc1cccc2ccccc12)c1cccs1. The Balaban J connectivity index is 1.79. The summed E-state index contributed by atoms with van der Waals surface area (Å²) in [6, 6.07) is 18.9. The minimum absolute atomic E-state index is 0.397. The quantitative estimate of drug-likeness (QED) is 0.658. The second-order valence-electron chi connectivity index (χ2n) is 5.76. The average Bonchev–Trinajstić information content (AvgIpc) is 3.05. The van der Waals surface area contributed by atoms with E-state index in [2.05, 4.69) is 79.0 Å². The number of fused-ring (bicyclic) bond motifs is 1. The molecule has 0 bridgehead atoms. The zero-order chi connectivity index (χ0) is 15.4. The predicted octanol–water partition coefficient (Wildman–Crippen LogP) is 4.63. The minimum Gasteiger partial charge on any atom is -0.492 e. The van der Waals surface area contributed by atoms with Crippen molar-refractivity contribution in [1.29, 1.82) is 0 Å². The monoisotopic (exact) mass is 311 g/mol. The predicted molar refractivity (Wildman–Crippen MR) is 95.1 cm³/mol. The first kappa shape index (κ1) is 15.1. The number of hydrogen-bond acceptors (Lipinski definition) is 3. The van der Waals surface area contributed by atoms with E-state index in [0.29, 0.717) is 12.5 Å². The summed E-state index contributed by atoms with van der Waals surface area (Å²) in [5.74, 6) is 1.37. The van der Waals surface area contributed by atoms with Gasteiger partial charge in [-0.25, -0.2) is 0 Å². The van der Waals surface area contributed by atoms with Crippen LogP contribution in [0.3, 0.4) is 0 Å². The first-order chi connectivity index (χ1) is 10.7. The molecule has 1 atom stereocenters. The van der Waals surface area contributed by atoms with Crippen LogP contribution in [0.2, 0.25) is 0 Å². The molecule has 0 saturated heterocycles. The first-order valence-corrected chi connectivity index (χ1v) is 8.40. The molecule has 0 aliphatic carbocycles. The van der Waals surface area contributed by atoms with Gasteiger partial charge in [-0.15, -0.1) is 11.3 Å². The van der Waals surface area contributed by atoms with Gasteiger partial charge in [0.1, 0.15) is 5.75 Å². The molecule has 0 radical (unpaired) electrons. The molecular weight excluding hydrogens is 290 g/mol. The highest BCUT2D eigenvalue weighted by Crippen LogP contribution is 2.28. The van der Waals surface area contributed by atoms with Crippen molar-refractivity contribution in [3.63, 3.8) is 0 Å². The molecule has 3 heteroatoms. The van der Waals surface area contributed by atoms with Crippen molar-refractivity contribution in [3.05, 3.63) is 64.9 Å². The fourth-order valence-electron chi connectivity index (χ4n) is 2.70. The topological polar surface area (TPSA) is 12.5 Å². The zero-order valence-electron chi connectivity index (χ0n) is 13.0. The number of thiophene rings is 1. The second kappa shape index (κ2) is 6.95. The molecule has 0 spiro atoms.